The van der Waals surface area contributed by atoms with Gasteiger partial charge in [-0.15, -0.1) is 0 Å². The second kappa shape index (κ2) is 8.13. The highest BCUT2D eigenvalue weighted by Crippen LogP contribution is 2.18. The van der Waals surface area contributed by atoms with Gasteiger partial charge in [-0.25, -0.2) is 13.1 Å². The largest absolute Gasteiger partial charge is 0.352 e. The van der Waals surface area contributed by atoms with E-state index in [4.69, 9.17) is 0 Å². The number of nitrogens with one attached hydrogen (secondary N) is 3. The van der Waals surface area contributed by atoms with E-state index in [1.165, 1.54) is 13.8 Å². The molecule has 1 saturated heterocycles. The molecule has 3 amide bonds. The average Bonchev–Trinajstić information content (AvgIpc) is 2.83. The predicted molar refractivity (Wildman–Crippen MR) is 93.1 cm³/mol. The van der Waals surface area contributed by atoms with Crippen molar-refractivity contribution >= 4 is 27.7 Å². The lowest BCUT2D eigenvalue weighted by molar-refractivity contribution is -0.135. The number of nitrogens with zero attached hydrogens (tertiary/aromatic N) is 1. The molecule has 0 bridgehead atoms. The summed E-state index contributed by atoms with van der Waals surface area (Å²) in [7, 11) is -3.53. The number of amides is 3. The Morgan fingerprint density at radius 1 is 1.36 bits per heavy atom. The van der Waals surface area contributed by atoms with Crippen LogP contribution in [0, 0.1) is 0 Å². The Morgan fingerprint density at radius 3 is 2.48 bits per heavy atom. The molecule has 9 nitrogen and oxygen atoms in total. The highest BCUT2D eigenvalue weighted by Gasteiger charge is 2.35. The zero-order valence-corrected chi connectivity index (χ0v) is 16.2. The Bertz CT molecular complexity index is 632. The van der Waals surface area contributed by atoms with Crippen LogP contribution in [0.15, 0.2) is 0 Å². The summed E-state index contributed by atoms with van der Waals surface area (Å²) >= 11 is 0. The predicted octanol–water partition coefficient (Wildman–Crippen LogP) is -1.05. The van der Waals surface area contributed by atoms with Crippen molar-refractivity contribution in [2.24, 2.45) is 0 Å². The first kappa shape index (κ1) is 21.4. The van der Waals surface area contributed by atoms with E-state index in [2.05, 4.69) is 15.4 Å². The normalized spacial score (nSPS) is 19.6. The molecule has 10 heteroatoms. The van der Waals surface area contributed by atoms with Gasteiger partial charge in [0.1, 0.15) is 11.6 Å². The Hall–Kier alpha value is -1.68. The van der Waals surface area contributed by atoms with E-state index in [0.29, 0.717) is 19.4 Å². The van der Waals surface area contributed by atoms with E-state index in [-0.39, 0.29) is 24.4 Å². The van der Waals surface area contributed by atoms with Crippen molar-refractivity contribution in [2.75, 3.05) is 19.3 Å². The van der Waals surface area contributed by atoms with Crippen LogP contribution in [-0.4, -0.2) is 68.0 Å². The molecular weight excluding hydrogens is 348 g/mol. The quantitative estimate of drug-likeness (QED) is 0.498. The molecule has 1 aliphatic heterocycles. The van der Waals surface area contributed by atoms with Crippen LogP contribution in [0.5, 0.6) is 0 Å². The van der Waals surface area contributed by atoms with Gasteiger partial charge in [0.25, 0.3) is 0 Å². The number of hydrogen-bond acceptors (Lipinski definition) is 5. The standard InChI is InChI=1S/C15H28N4O5S/c1-6-19-11(7-8-12(19)20)13(21)17-10(2)9-16-14(22)15(3,4)18-25(5,23)24/h10-11,18H,6-9H2,1-5H3,(H,16,22)(H,17,21). The first-order chi connectivity index (χ1) is 11.4. The molecule has 0 spiro atoms. The molecule has 0 radical (unpaired) electrons. The third kappa shape index (κ3) is 6.28. The third-order valence-corrected chi connectivity index (χ3v) is 4.82. The van der Waals surface area contributed by atoms with Crippen molar-refractivity contribution in [1.82, 2.24) is 20.3 Å². The van der Waals surface area contributed by atoms with Crippen LogP contribution >= 0.6 is 0 Å². The summed E-state index contributed by atoms with van der Waals surface area (Å²) in [6.45, 7) is 7.08. The zero-order valence-electron chi connectivity index (χ0n) is 15.4. The topological polar surface area (TPSA) is 125 Å². The minimum atomic E-state index is -3.53. The van der Waals surface area contributed by atoms with Crippen LogP contribution in [-0.2, 0) is 24.4 Å². The fourth-order valence-electron chi connectivity index (χ4n) is 2.77. The number of likely N-dealkylation sites (tertiary alicyclic amines) is 1. The minimum Gasteiger partial charge on any atom is -0.352 e. The summed E-state index contributed by atoms with van der Waals surface area (Å²) in [6.07, 6.45) is 1.83. The smallest absolute Gasteiger partial charge is 0.243 e. The maximum atomic E-state index is 12.3. The van der Waals surface area contributed by atoms with Gasteiger partial charge in [0.2, 0.25) is 27.7 Å². The molecule has 0 aromatic rings. The molecule has 1 rings (SSSR count). The molecule has 1 aliphatic rings. The van der Waals surface area contributed by atoms with Gasteiger partial charge < -0.3 is 15.5 Å². The highest BCUT2D eigenvalue weighted by atomic mass is 32.2. The van der Waals surface area contributed by atoms with Crippen LogP contribution in [0.4, 0.5) is 0 Å². The summed E-state index contributed by atoms with van der Waals surface area (Å²) < 4.78 is 24.8. The van der Waals surface area contributed by atoms with Crippen LogP contribution in [0.2, 0.25) is 0 Å². The number of hydrogen-bond donors (Lipinski definition) is 3. The van der Waals surface area contributed by atoms with Gasteiger partial charge >= 0.3 is 0 Å². The second-order valence-corrected chi connectivity index (χ2v) is 8.60. The van der Waals surface area contributed by atoms with Gasteiger partial charge in [0, 0.05) is 25.6 Å². The van der Waals surface area contributed by atoms with Crippen molar-refractivity contribution in [3.05, 3.63) is 0 Å². The number of likely N-dealkylation sites (N-methyl/N-ethyl adjacent to an activating group) is 1. The van der Waals surface area contributed by atoms with E-state index < -0.39 is 27.5 Å². The van der Waals surface area contributed by atoms with Gasteiger partial charge in [0.05, 0.1) is 6.26 Å². The lowest BCUT2D eigenvalue weighted by Crippen LogP contribution is -2.56. The first-order valence-corrected chi connectivity index (χ1v) is 10.1. The maximum absolute atomic E-state index is 12.3. The SMILES string of the molecule is CCN1C(=O)CCC1C(=O)NC(C)CNC(=O)C(C)(C)NS(C)(=O)=O. The molecular formula is C15H28N4O5S. The van der Waals surface area contributed by atoms with Crippen LogP contribution in [0.3, 0.4) is 0 Å². The Morgan fingerprint density at radius 2 is 1.96 bits per heavy atom. The third-order valence-electron chi connectivity index (χ3n) is 3.94. The van der Waals surface area contributed by atoms with Crippen LogP contribution in [0.25, 0.3) is 0 Å². The van der Waals surface area contributed by atoms with E-state index in [1.807, 2.05) is 6.92 Å². The number of sulfonamides is 1. The number of carbonyl (C=O) groups is 3. The molecule has 3 N–H and O–H groups in total. The van der Waals surface area contributed by atoms with Crippen molar-refractivity contribution < 1.29 is 22.8 Å². The molecule has 1 heterocycles. The molecule has 2 unspecified atom stereocenters. The molecule has 0 aromatic heterocycles. The average molecular weight is 376 g/mol. The number of carbonyl (C=O) groups excluding carboxylic acids is 3. The van der Waals surface area contributed by atoms with Crippen molar-refractivity contribution in [3.8, 4) is 0 Å². The van der Waals surface area contributed by atoms with E-state index in [1.54, 1.807) is 11.8 Å². The highest BCUT2D eigenvalue weighted by molar-refractivity contribution is 7.88. The van der Waals surface area contributed by atoms with Crippen molar-refractivity contribution in [2.45, 2.75) is 58.2 Å². The van der Waals surface area contributed by atoms with Crippen LogP contribution < -0.4 is 15.4 Å². The fourth-order valence-corrected chi connectivity index (χ4v) is 3.79. The van der Waals surface area contributed by atoms with Gasteiger partial charge in [-0.05, 0) is 34.1 Å². The zero-order chi connectivity index (χ0) is 19.4. The van der Waals surface area contributed by atoms with Crippen molar-refractivity contribution in [1.29, 1.82) is 0 Å². The summed E-state index contributed by atoms with van der Waals surface area (Å²) in [5, 5.41) is 5.39. The summed E-state index contributed by atoms with van der Waals surface area (Å²) in [6, 6.07) is -0.834. The van der Waals surface area contributed by atoms with Gasteiger partial charge in [0.15, 0.2) is 0 Å². The lowest BCUT2D eigenvalue weighted by atomic mass is 10.1. The summed E-state index contributed by atoms with van der Waals surface area (Å²) in [5.41, 5.74) is -1.30. The second-order valence-electron chi connectivity index (χ2n) is 6.85. The van der Waals surface area contributed by atoms with Gasteiger partial charge in [-0.3, -0.25) is 14.4 Å². The molecule has 0 saturated carbocycles. The molecule has 0 aromatic carbocycles. The molecule has 144 valence electrons. The van der Waals surface area contributed by atoms with Gasteiger partial charge in [-0.2, -0.15) is 0 Å². The molecule has 2 atom stereocenters. The van der Waals surface area contributed by atoms with Crippen LogP contribution in [0.1, 0.15) is 40.5 Å². The molecule has 1 fully saturated rings. The Kier molecular flexibility index (Phi) is 6.95. The monoisotopic (exact) mass is 376 g/mol. The molecule has 0 aliphatic carbocycles. The Labute approximate surface area is 148 Å². The van der Waals surface area contributed by atoms with E-state index in [0.717, 1.165) is 6.26 Å². The first-order valence-electron chi connectivity index (χ1n) is 8.24. The number of rotatable bonds is 8. The fraction of sp³-hybridized carbons (Fsp3) is 0.800. The van der Waals surface area contributed by atoms with Gasteiger partial charge in [-0.1, -0.05) is 0 Å². The minimum absolute atomic E-state index is 0.0304. The van der Waals surface area contributed by atoms with E-state index >= 15 is 0 Å². The maximum Gasteiger partial charge on any atom is 0.243 e. The van der Waals surface area contributed by atoms with Crippen molar-refractivity contribution in [3.63, 3.8) is 0 Å². The summed E-state index contributed by atoms with van der Waals surface area (Å²) in [5.74, 6) is -0.773. The Balaban J connectivity index is 2.52. The molecule has 25 heavy (non-hydrogen) atoms. The van der Waals surface area contributed by atoms with E-state index in [9.17, 15) is 22.8 Å². The summed E-state index contributed by atoms with van der Waals surface area (Å²) in [4.78, 5) is 37.6. The lowest BCUT2D eigenvalue weighted by Gasteiger charge is -2.26.